The van der Waals surface area contributed by atoms with Gasteiger partial charge in [0.1, 0.15) is 0 Å². The van der Waals surface area contributed by atoms with Crippen LogP contribution in [0.25, 0.3) is 10.1 Å². The first-order valence-electron chi connectivity index (χ1n) is 6.91. The van der Waals surface area contributed by atoms with E-state index in [-0.39, 0.29) is 10.8 Å². The Labute approximate surface area is 120 Å². The minimum atomic E-state index is 0.142. The van der Waals surface area contributed by atoms with Crippen molar-refractivity contribution in [1.82, 2.24) is 0 Å². The highest BCUT2D eigenvalue weighted by Gasteiger charge is 2.24. The SMILES string of the molecule is CC(C)(C)c1ccc2sc(CN)c(C(C)(C)C)c2c1. The van der Waals surface area contributed by atoms with Crippen molar-refractivity contribution >= 4 is 21.4 Å². The van der Waals surface area contributed by atoms with Crippen LogP contribution in [0, 0.1) is 0 Å². The summed E-state index contributed by atoms with van der Waals surface area (Å²) in [4.78, 5) is 1.33. The predicted octanol–water partition coefficient (Wildman–Crippen LogP) is 4.96. The van der Waals surface area contributed by atoms with Crippen molar-refractivity contribution < 1.29 is 0 Å². The molecule has 0 aliphatic heterocycles. The first-order valence-corrected chi connectivity index (χ1v) is 7.72. The molecule has 0 radical (unpaired) electrons. The van der Waals surface area contributed by atoms with E-state index in [2.05, 4.69) is 59.7 Å². The summed E-state index contributed by atoms with van der Waals surface area (Å²) in [6.07, 6.45) is 0. The van der Waals surface area contributed by atoms with Gasteiger partial charge in [-0.15, -0.1) is 11.3 Å². The van der Waals surface area contributed by atoms with Crippen molar-refractivity contribution in [1.29, 1.82) is 0 Å². The lowest BCUT2D eigenvalue weighted by atomic mass is 9.82. The summed E-state index contributed by atoms with van der Waals surface area (Å²) in [6.45, 7) is 14.3. The van der Waals surface area contributed by atoms with Gasteiger partial charge in [-0.05, 0) is 39.5 Å². The lowest BCUT2D eigenvalue weighted by Crippen LogP contribution is -2.15. The van der Waals surface area contributed by atoms with E-state index in [4.69, 9.17) is 5.73 Å². The highest BCUT2D eigenvalue weighted by Crippen LogP contribution is 2.40. The van der Waals surface area contributed by atoms with Gasteiger partial charge in [-0.25, -0.2) is 0 Å². The normalized spacial score (nSPS) is 13.2. The molecule has 2 heteroatoms. The fourth-order valence-electron chi connectivity index (χ4n) is 2.58. The topological polar surface area (TPSA) is 26.0 Å². The molecule has 2 rings (SSSR count). The van der Waals surface area contributed by atoms with Crippen LogP contribution in [0.3, 0.4) is 0 Å². The Kier molecular flexibility index (Phi) is 3.53. The van der Waals surface area contributed by atoms with Crippen LogP contribution < -0.4 is 5.73 Å². The van der Waals surface area contributed by atoms with Crippen LogP contribution in [-0.2, 0) is 17.4 Å². The Balaban J connectivity index is 2.77. The van der Waals surface area contributed by atoms with Crippen molar-refractivity contribution in [3.8, 4) is 0 Å². The predicted molar refractivity (Wildman–Crippen MR) is 87.1 cm³/mol. The molecule has 1 heterocycles. The lowest BCUT2D eigenvalue weighted by Gasteiger charge is -2.22. The Morgan fingerprint density at radius 2 is 1.63 bits per heavy atom. The van der Waals surface area contributed by atoms with Crippen LogP contribution in [0.5, 0.6) is 0 Å². The lowest BCUT2D eigenvalue weighted by molar-refractivity contribution is 0.586. The number of benzene rings is 1. The second-order valence-electron chi connectivity index (χ2n) is 7.32. The van der Waals surface area contributed by atoms with Crippen LogP contribution in [-0.4, -0.2) is 0 Å². The zero-order chi connectivity index (χ0) is 14.4. The Hall–Kier alpha value is -0.860. The van der Waals surface area contributed by atoms with Crippen LogP contribution in [0.2, 0.25) is 0 Å². The molecular weight excluding hydrogens is 250 g/mol. The van der Waals surface area contributed by atoms with Gasteiger partial charge in [0.05, 0.1) is 0 Å². The summed E-state index contributed by atoms with van der Waals surface area (Å²) >= 11 is 1.85. The summed E-state index contributed by atoms with van der Waals surface area (Å²) in [6, 6.07) is 6.88. The van der Waals surface area contributed by atoms with Crippen LogP contribution >= 0.6 is 11.3 Å². The molecule has 19 heavy (non-hydrogen) atoms. The molecule has 104 valence electrons. The third-order valence-corrected chi connectivity index (χ3v) is 4.76. The zero-order valence-electron chi connectivity index (χ0n) is 12.9. The fourth-order valence-corrected chi connectivity index (χ4v) is 3.85. The van der Waals surface area contributed by atoms with Crippen molar-refractivity contribution in [3.63, 3.8) is 0 Å². The molecule has 0 aliphatic carbocycles. The molecular formula is C17H25NS. The van der Waals surface area contributed by atoms with Crippen LogP contribution in [0.1, 0.15) is 57.5 Å². The number of fused-ring (bicyclic) bond motifs is 1. The Morgan fingerprint density at radius 1 is 1.00 bits per heavy atom. The monoisotopic (exact) mass is 275 g/mol. The van der Waals surface area contributed by atoms with Gasteiger partial charge in [0.25, 0.3) is 0 Å². The van der Waals surface area contributed by atoms with Gasteiger partial charge in [0.15, 0.2) is 0 Å². The number of rotatable bonds is 1. The molecule has 1 nitrogen and oxygen atoms in total. The molecule has 2 aromatic rings. The van der Waals surface area contributed by atoms with Crippen molar-refractivity contribution in [2.45, 2.75) is 58.9 Å². The minimum Gasteiger partial charge on any atom is -0.326 e. The van der Waals surface area contributed by atoms with Gasteiger partial charge in [0.2, 0.25) is 0 Å². The summed E-state index contributed by atoms with van der Waals surface area (Å²) in [5, 5.41) is 1.39. The molecule has 0 unspecified atom stereocenters. The van der Waals surface area contributed by atoms with Gasteiger partial charge >= 0.3 is 0 Å². The fraction of sp³-hybridized carbons (Fsp3) is 0.529. The largest absolute Gasteiger partial charge is 0.326 e. The summed E-state index contributed by atoms with van der Waals surface area (Å²) in [7, 11) is 0. The molecule has 0 fully saturated rings. The molecule has 0 amide bonds. The van der Waals surface area contributed by atoms with Crippen molar-refractivity contribution in [2.24, 2.45) is 5.73 Å². The van der Waals surface area contributed by atoms with Gasteiger partial charge in [-0.3, -0.25) is 0 Å². The molecule has 0 atom stereocenters. The van der Waals surface area contributed by atoms with Crippen LogP contribution in [0.15, 0.2) is 18.2 Å². The first kappa shape index (κ1) is 14.5. The van der Waals surface area contributed by atoms with E-state index in [1.807, 2.05) is 11.3 Å². The van der Waals surface area contributed by atoms with Gasteiger partial charge in [-0.1, -0.05) is 47.6 Å². The number of thiophene rings is 1. The minimum absolute atomic E-state index is 0.142. The summed E-state index contributed by atoms with van der Waals surface area (Å²) in [5.74, 6) is 0. The van der Waals surface area contributed by atoms with Gasteiger partial charge < -0.3 is 5.73 Å². The standard InChI is InChI=1S/C17H25NS/c1-16(2,3)11-7-8-13-12(9-11)15(17(4,5)6)14(10-18)19-13/h7-9H,10,18H2,1-6H3. The van der Waals surface area contributed by atoms with Crippen LogP contribution in [0.4, 0.5) is 0 Å². The van der Waals surface area contributed by atoms with E-state index in [1.165, 1.54) is 26.1 Å². The second-order valence-corrected chi connectivity index (χ2v) is 8.45. The van der Waals surface area contributed by atoms with E-state index >= 15 is 0 Å². The number of nitrogens with two attached hydrogens (primary N) is 1. The third kappa shape index (κ3) is 2.70. The molecule has 0 aliphatic rings. The maximum Gasteiger partial charge on any atom is 0.0349 e. The molecule has 0 bridgehead atoms. The van der Waals surface area contributed by atoms with E-state index < -0.39 is 0 Å². The van der Waals surface area contributed by atoms with E-state index in [1.54, 1.807) is 0 Å². The molecule has 0 saturated carbocycles. The molecule has 0 saturated heterocycles. The molecule has 0 spiro atoms. The Morgan fingerprint density at radius 3 is 2.11 bits per heavy atom. The first-order chi connectivity index (χ1) is 8.64. The highest BCUT2D eigenvalue weighted by atomic mass is 32.1. The molecule has 2 N–H and O–H groups in total. The highest BCUT2D eigenvalue weighted by molar-refractivity contribution is 7.19. The van der Waals surface area contributed by atoms with Gasteiger partial charge in [0, 0.05) is 16.1 Å². The molecule has 1 aromatic carbocycles. The number of hydrogen-bond donors (Lipinski definition) is 1. The van der Waals surface area contributed by atoms with Gasteiger partial charge in [-0.2, -0.15) is 0 Å². The Bertz CT molecular complexity index is 594. The smallest absolute Gasteiger partial charge is 0.0349 e. The summed E-state index contributed by atoms with van der Waals surface area (Å²) < 4.78 is 1.36. The number of hydrogen-bond acceptors (Lipinski definition) is 2. The average molecular weight is 275 g/mol. The third-order valence-electron chi connectivity index (χ3n) is 3.56. The summed E-state index contributed by atoms with van der Waals surface area (Å²) in [5.41, 5.74) is 9.10. The van der Waals surface area contributed by atoms with E-state index in [0.717, 1.165) is 0 Å². The maximum atomic E-state index is 5.95. The maximum absolute atomic E-state index is 5.95. The second kappa shape index (κ2) is 4.60. The van der Waals surface area contributed by atoms with E-state index in [9.17, 15) is 0 Å². The van der Waals surface area contributed by atoms with Crippen molar-refractivity contribution in [2.75, 3.05) is 0 Å². The van der Waals surface area contributed by atoms with Crippen molar-refractivity contribution in [3.05, 3.63) is 34.2 Å². The quantitative estimate of drug-likeness (QED) is 0.782. The average Bonchev–Trinajstić information content (AvgIpc) is 2.64. The molecule has 1 aromatic heterocycles. The zero-order valence-corrected chi connectivity index (χ0v) is 13.7. The van der Waals surface area contributed by atoms with E-state index in [0.29, 0.717) is 6.54 Å².